The van der Waals surface area contributed by atoms with E-state index in [-0.39, 0.29) is 14.7 Å². The van der Waals surface area contributed by atoms with Gasteiger partial charge in [-0.1, -0.05) is 0 Å². The minimum Gasteiger partial charge on any atom is -0.392 e. The first-order chi connectivity index (χ1) is 6.91. The highest BCUT2D eigenvalue weighted by Gasteiger charge is 2.36. The van der Waals surface area contributed by atoms with E-state index >= 15 is 0 Å². The summed E-state index contributed by atoms with van der Waals surface area (Å²) in [6, 6.07) is 4.10. The number of hydrogen-bond donors (Lipinski definition) is 1. The summed E-state index contributed by atoms with van der Waals surface area (Å²) < 4.78 is 37.7. The molecule has 2 nitrogen and oxygen atoms in total. The fraction of sp³-hybridized carbons (Fsp3) is 0.222. The van der Waals surface area contributed by atoms with E-state index in [0.717, 1.165) is 0 Å². The molecule has 15 heavy (non-hydrogen) atoms. The normalized spacial score (nSPS) is 11.2. The van der Waals surface area contributed by atoms with Crippen molar-refractivity contribution in [3.05, 3.63) is 32.4 Å². The first-order valence-electron chi connectivity index (χ1n) is 3.81. The van der Waals surface area contributed by atoms with Crippen LogP contribution in [0.25, 0.3) is 0 Å². The van der Waals surface area contributed by atoms with Crippen molar-refractivity contribution < 1.29 is 18.3 Å². The van der Waals surface area contributed by atoms with Crippen molar-refractivity contribution in [1.82, 2.24) is 0 Å². The molecule has 0 radical (unpaired) electrons. The molecule has 0 aliphatic carbocycles. The van der Waals surface area contributed by atoms with E-state index in [1.165, 1.54) is 34.7 Å². The molecule has 6 heteroatoms. The Morgan fingerprint density at radius 1 is 1.40 bits per heavy atom. The Kier molecular flexibility index (Phi) is 3.57. The Hall–Kier alpha value is -0.810. The van der Waals surface area contributed by atoms with Crippen LogP contribution in [0.4, 0.5) is 13.2 Å². The summed E-state index contributed by atoms with van der Waals surface area (Å²) in [6.45, 7) is -0.797. The van der Waals surface area contributed by atoms with Crippen LogP contribution >= 0.6 is 22.6 Å². The van der Waals surface area contributed by atoms with Crippen molar-refractivity contribution in [3.63, 3.8) is 0 Å². The average molecular weight is 327 g/mol. The number of aliphatic hydroxyl groups is 1. The topological polar surface area (TPSA) is 44.0 Å². The van der Waals surface area contributed by atoms with Crippen LogP contribution < -0.4 is 0 Å². The molecule has 80 valence electrons. The van der Waals surface area contributed by atoms with Crippen molar-refractivity contribution in [1.29, 1.82) is 5.26 Å². The highest BCUT2D eigenvalue weighted by atomic mass is 127. The number of nitriles is 1. The van der Waals surface area contributed by atoms with Gasteiger partial charge >= 0.3 is 6.18 Å². The fourth-order valence-corrected chi connectivity index (χ4v) is 2.01. The number of alkyl halides is 3. The maximum absolute atomic E-state index is 12.6. The molecule has 1 aromatic carbocycles. The Bertz CT molecular complexity index is 423. The van der Waals surface area contributed by atoms with Gasteiger partial charge in [0.2, 0.25) is 0 Å². The summed E-state index contributed by atoms with van der Waals surface area (Å²) in [6.07, 6.45) is -4.55. The lowest BCUT2D eigenvalue weighted by atomic mass is 10.0. The van der Waals surface area contributed by atoms with Crippen LogP contribution in [0.2, 0.25) is 0 Å². The van der Waals surface area contributed by atoms with Gasteiger partial charge in [-0.15, -0.1) is 0 Å². The van der Waals surface area contributed by atoms with Crippen LogP contribution in [0.5, 0.6) is 0 Å². The van der Waals surface area contributed by atoms with E-state index in [0.29, 0.717) is 0 Å². The third-order valence-corrected chi connectivity index (χ3v) is 2.72. The monoisotopic (exact) mass is 327 g/mol. The molecule has 0 saturated carbocycles. The van der Waals surface area contributed by atoms with Crippen molar-refractivity contribution in [2.45, 2.75) is 12.8 Å². The molecule has 0 atom stereocenters. The second-order valence-electron chi connectivity index (χ2n) is 2.72. The molecule has 0 unspecified atom stereocenters. The molecular weight excluding hydrogens is 322 g/mol. The Labute approximate surface area is 97.5 Å². The molecule has 1 aromatic rings. The minimum atomic E-state index is -4.55. The van der Waals surface area contributed by atoms with Crippen LogP contribution in [0.3, 0.4) is 0 Å². The number of rotatable bonds is 1. The zero-order chi connectivity index (χ0) is 11.6. The summed E-state index contributed by atoms with van der Waals surface area (Å²) in [7, 11) is 0. The van der Waals surface area contributed by atoms with E-state index in [1.54, 1.807) is 6.07 Å². The van der Waals surface area contributed by atoms with E-state index in [2.05, 4.69) is 0 Å². The molecule has 0 aliphatic rings. The Morgan fingerprint density at radius 2 is 2.00 bits per heavy atom. The molecule has 0 bridgehead atoms. The third-order valence-electron chi connectivity index (χ3n) is 1.82. The van der Waals surface area contributed by atoms with Crippen molar-refractivity contribution in [2.75, 3.05) is 0 Å². The number of hydrogen-bond acceptors (Lipinski definition) is 2. The van der Waals surface area contributed by atoms with E-state index in [4.69, 9.17) is 10.4 Å². The number of benzene rings is 1. The standard InChI is InChI=1S/C9H5F3INO/c10-9(11,12)8-6(4-15)5(3-14)1-2-7(8)13/h1-2,15H,4H2. The van der Waals surface area contributed by atoms with Gasteiger partial charge in [-0.3, -0.25) is 0 Å². The molecule has 1 N–H and O–H groups in total. The van der Waals surface area contributed by atoms with Gasteiger partial charge in [0.05, 0.1) is 23.8 Å². The third kappa shape index (κ3) is 2.41. The van der Waals surface area contributed by atoms with Gasteiger partial charge in [0.15, 0.2) is 0 Å². The molecule has 0 heterocycles. The number of halogens is 4. The summed E-state index contributed by atoms with van der Waals surface area (Å²) in [5.41, 5.74) is -1.44. The first-order valence-corrected chi connectivity index (χ1v) is 4.89. The Morgan fingerprint density at radius 3 is 2.40 bits per heavy atom. The molecule has 0 aliphatic heterocycles. The van der Waals surface area contributed by atoms with Crippen molar-refractivity contribution >= 4 is 22.6 Å². The van der Waals surface area contributed by atoms with Gasteiger partial charge in [0.25, 0.3) is 0 Å². The van der Waals surface area contributed by atoms with Crippen LogP contribution in [-0.4, -0.2) is 5.11 Å². The minimum absolute atomic E-state index is 0.0249. The molecule has 0 amide bonds. The molecule has 0 saturated heterocycles. The van der Waals surface area contributed by atoms with E-state index < -0.39 is 18.3 Å². The average Bonchev–Trinajstić information content (AvgIpc) is 2.15. The quantitative estimate of drug-likeness (QED) is 0.806. The van der Waals surface area contributed by atoms with Gasteiger partial charge in [0.1, 0.15) is 0 Å². The second-order valence-corrected chi connectivity index (χ2v) is 3.88. The fourth-order valence-electron chi connectivity index (χ4n) is 1.19. The molecular formula is C9H5F3INO. The number of aliphatic hydroxyl groups excluding tert-OH is 1. The van der Waals surface area contributed by atoms with Gasteiger partial charge in [-0.05, 0) is 34.7 Å². The molecule has 0 fully saturated rings. The van der Waals surface area contributed by atoms with Gasteiger partial charge in [-0.25, -0.2) is 0 Å². The zero-order valence-corrected chi connectivity index (χ0v) is 9.43. The number of nitrogens with zero attached hydrogens (tertiary/aromatic N) is 1. The van der Waals surface area contributed by atoms with Gasteiger partial charge in [0, 0.05) is 9.13 Å². The van der Waals surface area contributed by atoms with E-state index in [9.17, 15) is 13.2 Å². The highest BCUT2D eigenvalue weighted by molar-refractivity contribution is 14.1. The van der Waals surface area contributed by atoms with E-state index in [1.807, 2.05) is 0 Å². The SMILES string of the molecule is N#Cc1ccc(I)c(C(F)(F)F)c1CO. The van der Waals surface area contributed by atoms with Crippen molar-refractivity contribution in [3.8, 4) is 6.07 Å². The van der Waals surface area contributed by atoms with Crippen LogP contribution in [0, 0.1) is 14.9 Å². The highest BCUT2D eigenvalue weighted by Crippen LogP contribution is 2.36. The smallest absolute Gasteiger partial charge is 0.392 e. The van der Waals surface area contributed by atoms with Crippen molar-refractivity contribution in [2.24, 2.45) is 0 Å². The Balaban J connectivity index is 3.55. The van der Waals surface area contributed by atoms with Crippen LogP contribution in [0.15, 0.2) is 12.1 Å². The second kappa shape index (κ2) is 4.37. The predicted octanol–water partition coefficient (Wildman–Crippen LogP) is 2.67. The lowest BCUT2D eigenvalue weighted by Gasteiger charge is -2.14. The molecule has 0 spiro atoms. The molecule has 0 aromatic heterocycles. The maximum Gasteiger partial charge on any atom is 0.417 e. The molecule has 1 rings (SSSR count). The first kappa shape index (κ1) is 12.3. The predicted molar refractivity (Wildman–Crippen MR) is 54.8 cm³/mol. The zero-order valence-electron chi connectivity index (χ0n) is 7.27. The lowest BCUT2D eigenvalue weighted by molar-refractivity contribution is -0.139. The largest absolute Gasteiger partial charge is 0.417 e. The summed E-state index contributed by atoms with van der Waals surface area (Å²) in [5, 5.41) is 17.5. The van der Waals surface area contributed by atoms with Crippen LogP contribution in [-0.2, 0) is 12.8 Å². The van der Waals surface area contributed by atoms with Gasteiger partial charge in [-0.2, -0.15) is 18.4 Å². The lowest BCUT2D eigenvalue weighted by Crippen LogP contribution is -2.13. The summed E-state index contributed by atoms with van der Waals surface area (Å²) in [4.78, 5) is 0. The van der Waals surface area contributed by atoms with Gasteiger partial charge < -0.3 is 5.11 Å². The summed E-state index contributed by atoms with van der Waals surface area (Å²) >= 11 is 1.53. The summed E-state index contributed by atoms with van der Waals surface area (Å²) in [5.74, 6) is 0. The maximum atomic E-state index is 12.6. The van der Waals surface area contributed by atoms with Crippen LogP contribution in [0.1, 0.15) is 16.7 Å².